The van der Waals surface area contributed by atoms with E-state index in [9.17, 15) is 9.90 Å². The third-order valence-electron chi connectivity index (χ3n) is 3.65. The number of β-amino-alcohol motifs (C(OH)–C–C–N with tert-alkyl or cyclic N) is 1. The highest BCUT2D eigenvalue weighted by Gasteiger charge is 2.24. The van der Waals surface area contributed by atoms with Gasteiger partial charge in [0.1, 0.15) is 0 Å². The lowest BCUT2D eigenvalue weighted by Crippen LogP contribution is -2.37. The van der Waals surface area contributed by atoms with Crippen LogP contribution in [0.3, 0.4) is 0 Å². The van der Waals surface area contributed by atoms with Crippen molar-refractivity contribution in [1.82, 2.24) is 10.6 Å². The molecule has 0 aliphatic carbocycles. The monoisotopic (exact) mass is 355 g/mol. The Labute approximate surface area is 133 Å². The van der Waals surface area contributed by atoms with E-state index in [1.165, 1.54) is 0 Å². The van der Waals surface area contributed by atoms with Crippen LogP contribution in [-0.4, -0.2) is 42.8 Å². The summed E-state index contributed by atoms with van der Waals surface area (Å²) in [5.74, 6) is 0.212. The predicted octanol–water partition coefficient (Wildman–Crippen LogP) is 1.34. The topological polar surface area (TPSA) is 73.4 Å². The van der Waals surface area contributed by atoms with E-state index in [4.69, 9.17) is 0 Å². The van der Waals surface area contributed by atoms with Crippen molar-refractivity contribution in [2.45, 2.75) is 25.5 Å². The van der Waals surface area contributed by atoms with Gasteiger partial charge in [-0.1, -0.05) is 15.9 Å². The lowest BCUT2D eigenvalue weighted by atomic mass is 10.1. The van der Waals surface area contributed by atoms with Crippen LogP contribution in [0, 0.1) is 5.92 Å². The first-order chi connectivity index (χ1) is 10.0. The van der Waals surface area contributed by atoms with Gasteiger partial charge in [-0.25, -0.2) is 0 Å². The summed E-state index contributed by atoms with van der Waals surface area (Å²) in [6.07, 6.45) is 0.119. The summed E-state index contributed by atoms with van der Waals surface area (Å²) >= 11 is 3.36. The highest BCUT2D eigenvalue weighted by atomic mass is 79.9. The molecule has 1 heterocycles. The Balaban J connectivity index is 1.70. The van der Waals surface area contributed by atoms with E-state index < -0.39 is 0 Å². The van der Waals surface area contributed by atoms with Gasteiger partial charge in [-0.3, -0.25) is 4.79 Å². The lowest BCUT2D eigenvalue weighted by Gasteiger charge is -2.18. The van der Waals surface area contributed by atoms with Crippen molar-refractivity contribution in [2.75, 3.05) is 25.0 Å². The van der Waals surface area contributed by atoms with Crippen LogP contribution in [0.25, 0.3) is 0 Å². The van der Waals surface area contributed by atoms with E-state index in [0.29, 0.717) is 13.0 Å². The first-order valence-electron chi connectivity index (χ1n) is 7.22. The number of hydrogen-bond acceptors (Lipinski definition) is 4. The van der Waals surface area contributed by atoms with Crippen LogP contribution in [0.15, 0.2) is 28.7 Å². The van der Waals surface area contributed by atoms with E-state index in [1.54, 1.807) is 0 Å². The van der Waals surface area contributed by atoms with E-state index in [1.807, 2.05) is 31.2 Å². The average Bonchev–Trinajstić information content (AvgIpc) is 2.84. The minimum Gasteiger partial charge on any atom is -0.391 e. The van der Waals surface area contributed by atoms with Gasteiger partial charge < -0.3 is 21.1 Å². The van der Waals surface area contributed by atoms with Gasteiger partial charge in [0.2, 0.25) is 5.91 Å². The Kier molecular flexibility index (Phi) is 6.17. The number of benzene rings is 1. The first kappa shape index (κ1) is 16.4. The Morgan fingerprint density at radius 1 is 1.43 bits per heavy atom. The van der Waals surface area contributed by atoms with E-state index in [2.05, 4.69) is 31.9 Å². The zero-order valence-corrected chi connectivity index (χ0v) is 13.7. The molecule has 5 nitrogen and oxygen atoms in total. The summed E-state index contributed by atoms with van der Waals surface area (Å²) in [6, 6.07) is 7.59. The zero-order chi connectivity index (χ0) is 15.2. The molecule has 116 valence electrons. The molecule has 0 spiro atoms. The maximum Gasteiger partial charge on any atom is 0.225 e. The Bertz CT molecular complexity index is 466. The summed E-state index contributed by atoms with van der Waals surface area (Å²) in [5.41, 5.74) is 0.797. The quantitative estimate of drug-likeness (QED) is 0.621. The summed E-state index contributed by atoms with van der Waals surface area (Å²) in [7, 11) is 0. The SMILES string of the molecule is CC(CC(=O)Nc1ccc(Br)cc1)NCC1CNCC1O. The molecule has 1 amide bonds. The number of aliphatic hydroxyl groups excluding tert-OH is 1. The smallest absolute Gasteiger partial charge is 0.225 e. The van der Waals surface area contributed by atoms with Crippen LogP contribution < -0.4 is 16.0 Å². The van der Waals surface area contributed by atoms with E-state index in [0.717, 1.165) is 23.2 Å². The number of carbonyl (C=O) groups excluding carboxylic acids is 1. The second-order valence-electron chi connectivity index (χ2n) is 5.55. The number of carbonyl (C=O) groups is 1. The van der Waals surface area contributed by atoms with E-state index in [-0.39, 0.29) is 24.0 Å². The van der Waals surface area contributed by atoms with Gasteiger partial charge in [-0.15, -0.1) is 0 Å². The van der Waals surface area contributed by atoms with Crippen molar-refractivity contribution in [2.24, 2.45) is 5.92 Å². The summed E-state index contributed by atoms with van der Waals surface area (Å²) in [5, 5.41) is 19.1. The number of anilines is 1. The van der Waals surface area contributed by atoms with Crippen LogP contribution in [0.2, 0.25) is 0 Å². The molecule has 1 aromatic rings. The molecule has 0 aromatic heterocycles. The molecule has 4 N–H and O–H groups in total. The first-order valence-corrected chi connectivity index (χ1v) is 8.01. The molecule has 1 fully saturated rings. The summed E-state index contributed by atoms with van der Waals surface area (Å²) in [6.45, 7) is 4.19. The number of rotatable bonds is 6. The van der Waals surface area contributed by atoms with Gasteiger partial charge in [0, 0.05) is 48.2 Å². The highest BCUT2D eigenvalue weighted by molar-refractivity contribution is 9.10. The highest BCUT2D eigenvalue weighted by Crippen LogP contribution is 2.14. The van der Waals surface area contributed by atoms with E-state index >= 15 is 0 Å². The van der Waals surface area contributed by atoms with Crippen LogP contribution in [0.4, 0.5) is 5.69 Å². The molecule has 0 radical (unpaired) electrons. The fourth-order valence-corrected chi connectivity index (χ4v) is 2.64. The zero-order valence-electron chi connectivity index (χ0n) is 12.1. The van der Waals surface area contributed by atoms with Crippen LogP contribution in [0.5, 0.6) is 0 Å². The second kappa shape index (κ2) is 7.89. The normalized spacial score (nSPS) is 23.0. The Hall–Kier alpha value is -0.950. The van der Waals surface area contributed by atoms with Crippen LogP contribution >= 0.6 is 15.9 Å². The Morgan fingerprint density at radius 2 is 2.14 bits per heavy atom. The molecular formula is C15H22BrN3O2. The van der Waals surface area contributed by atoms with Crippen molar-refractivity contribution in [3.8, 4) is 0 Å². The number of hydrogen-bond donors (Lipinski definition) is 4. The third-order valence-corrected chi connectivity index (χ3v) is 4.18. The molecule has 1 aliphatic heterocycles. The third kappa shape index (κ3) is 5.39. The van der Waals surface area contributed by atoms with Gasteiger partial charge in [0.05, 0.1) is 6.10 Å². The summed E-state index contributed by atoms with van der Waals surface area (Å²) in [4.78, 5) is 11.9. The molecule has 21 heavy (non-hydrogen) atoms. The number of nitrogens with one attached hydrogen (secondary N) is 3. The molecule has 0 bridgehead atoms. The average molecular weight is 356 g/mol. The molecular weight excluding hydrogens is 334 g/mol. The van der Waals surface area contributed by atoms with Crippen LogP contribution in [-0.2, 0) is 4.79 Å². The van der Waals surface area contributed by atoms with Gasteiger partial charge in [0.15, 0.2) is 0 Å². The fraction of sp³-hybridized carbons (Fsp3) is 0.533. The summed E-state index contributed by atoms with van der Waals surface area (Å²) < 4.78 is 0.985. The van der Waals surface area contributed by atoms with Crippen molar-refractivity contribution >= 4 is 27.5 Å². The largest absolute Gasteiger partial charge is 0.391 e. The molecule has 1 aromatic carbocycles. The predicted molar refractivity (Wildman–Crippen MR) is 87.2 cm³/mol. The standard InChI is InChI=1S/C15H22BrN3O2/c1-10(18-8-11-7-17-9-14(11)20)6-15(21)19-13-4-2-12(16)3-5-13/h2-5,10-11,14,17-18,20H,6-9H2,1H3,(H,19,21). The molecule has 2 rings (SSSR count). The minimum atomic E-state index is -0.290. The maximum atomic E-state index is 11.9. The Morgan fingerprint density at radius 3 is 2.76 bits per heavy atom. The lowest BCUT2D eigenvalue weighted by molar-refractivity contribution is -0.116. The number of amides is 1. The second-order valence-corrected chi connectivity index (χ2v) is 6.47. The molecule has 6 heteroatoms. The molecule has 0 saturated carbocycles. The van der Waals surface area contributed by atoms with Crippen molar-refractivity contribution in [3.63, 3.8) is 0 Å². The van der Waals surface area contributed by atoms with Gasteiger partial charge >= 0.3 is 0 Å². The van der Waals surface area contributed by atoms with Gasteiger partial charge in [-0.05, 0) is 31.2 Å². The number of halogens is 1. The molecule has 1 aliphatic rings. The molecule has 3 unspecified atom stereocenters. The van der Waals surface area contributed by atoms with Crippen molar-refractivity contribution < 1.29 is 9.90 Å². The molecule has 3 atom stereocenters. The maximum absolute atomic E-state index is 11.9. The van der Waals surface area contributed by atoms with Crippen molar-refractivity contribution in [1.29, 1.82) is 0 Å². The van der Waals surface area contributed by atoms with Crippen molar-refractivity contribution in [3.05, 3.63) is 28.7 Å². The number of aliphatic hydroxyl groups is 1. The van der Waals surface area contributed by atoms with Gasteiger partial charge in [-0.2, -0.15) is 0 Å². The van der Waals surface area contributed by atoms with Gasteiger partial charge in [0.25, 0.3) is 0 Å². The fourth-order valence-electron chi connectivity index (χ4n) is 2.38. The molecule has 1 saturated heterocycles. The van der Waals surface area contributed by atoms with Crippen LogP contribution in [0.1, 0.15) is 13.3 Å². The minimum absolute atomic E-state index is 0.0117.